The predicted octanol–water partition coefficient (Wildman–Crippen LogP) is 5.64. The van der Waals surface area contributed by atoms with Gasteiger partial charge in [-0.3, -0.25) is 4.79 Å². The summed E-state index contributed by atoms with van der Waals surface area (Å²) in [4.78, 5) is 17.3. The fourth-order valence-electron chi connectivity index (χ4n) is 3.76. The number of hydrogen-bond acceptors (Lipinski definition) is 5. The zero-order valence-corrected chi connectivity index (χ0v) is 19.3. The number of anilines is 2. The maximum absolute atomic E-state index is 12.4. The molecule has 1 heterocycles. The summed E-state index contributed by atoms with van der Waals surface area (Å²) in [6, 6.07) is 25.4. The predicted molar refractivity (Wildman–Crippen MR) is 138 cm³/mol. The lowest BCUT2D eigenvalue weighted by Gasteiger charge is -2.27. The van der Waals surface area contributed by atoms with Crippen LogP contribution < -0.4 is 20.7 Å². The topological polar surface area (TPSA) is 74.8 Å². The van der Waals surface area contributed by atoms with E-state index in [0.29, 0.717) is 12.1 Å². The molecule has 1 amide bonds. The van der Waals surface area contributed by atoms with Gasteiger partial charge in [-0.1, -0.05) is 54.6 Å². The number of methoxy groups -OCH3 is 1. The number of benzene rings is 3. The van der Waals surface area contributed by atoms with Crippen molar-refractivity contribution in [2.75, 3.05) is 17.7 Å². The Labute approximate surface area is 200 Å². The Kier molecular flexibility index (Phi) is 7.08. The lowest BCUT2D eigenvalue weighted by Crippen LogP contribution is -2.30. The molecule has 3 aromatic rings. The maximum atomic E-state index is 12.4. The van der Waals surface area contributed by atoms with E-state index in [1.807, 2.05) is 49.4 Å². The molecule has 172 valence electrons. The van der Waals surface area contributed by atoms with Gasteiger partial charge in [-0.2, -0.15) is 0 Å². The van der Waals surface area contributed by atoms with Crippen LogP contribution in [0.2, 0.25) is 0 Å². The van der Waals surface area contributed by atoms with Crippen LogP contribution in [0.1, 0.15) is 30.6 Å². The third-order valence-electron chi connectivity index (χ3n) is 5.37. The standard InChI is InChI=1S/C28H28N4O2/c1-19(18-26(33)30-22-13-15-23(34-3)16-14-22)17-20(2)29-28-24-11-7-8-12-25(24)31-27(32-28)21-9-5-4-6-10-21/h4-16,18,27,31H,2,17H2,1,3H3,(H,29,32)(H,30,33)/b19-18-. The van der Waals surface area contributed by atoms with E-state index in [4.69, 9.17) is 9.73 Å². The number of aliphatic imine (C=N–C) groups is 1. The number of nitrogens with zero attached hydrogens (tertiary/aromatic N) is 1. The van der Waals surface area contributed by atoms with Crippen LogP contribution in [0.3, 0.4) is 0 Å². The fourth-order valence-corrected chi connectivity index (χ4v) is 3.76. The monoisotopic (exact) mass is 452 g/mol. The Morgan fingerprint density at radius 2 is 1.74 bits per heavy atom. The number of hydrogen-bond donors (Lipinski definition) is 3. The van der Waals surface area contributed by atoms with E-state index in [9.17, 15) is 4.79 Å². The number of fused-ring (bicyclic) bond motifs is 1. The Bertz CT molecular complexity index is 1230. The molecule has 6 heteroatoms. The number of carbonyl (C=O) groups is 1. The van der Waals surface area contributed by atoms with Gasteiger partial charge in [0, 0.05) is 35.1 Å². The summed E-state index contributed by atoms with van der Waals surface area (Å²) in [5, 5.41) is 9.72. The van der Waals surface area contributed by atoms with E-state index in [2.05, 4.69) is 34.7 Å². The third-order valence-corrected chi connectivity index (χ3v) is 5.37. The first-order valence-electron chi connectivity index (χ1n) is 11.1. The number of allylic oxidation sites excluding steroid dienone is 1. The van der Waals surface area contributed by atoms with Gasteiger partial charge in [0.1, 0.15) is 17.8 Å². The van der Waals surface area contributed by atoms with Gasteiger partial charge in [-0.25, -0.2) is 4.99 Å². The van der Waals surface area contributed by atoms with E-state index in [0.717, 1.165) is 39.7 Å². The summed E-state index contributed by atoms with van der Waals surface area (Å²) in [7, 11) is 1.61. The molecule has 1 atom stereocenters. The van der Waals surface area contributed by atoms with Crippen molar-refractivity contribution < 1.29 is 9.53 Å². The summed E-state index contributed by atoms with van der Waals surface area (Å²) < 4.78 is 5.14. The first kappa shape index (κ1) is 22.9. The van der Waals surface area contributed by atoms with Crippen molar-refractivity contribution in [1.82, 2.24) is 5.32 Å². The summed E-state index contributed by atoms with van der Waals surface area (Å²) in [5.74, 6) is 1.30. The number of amides is 1. The molecule has 6 nitrogen and oxygen atoms in total. The number of amidine groups is 1. The molecule has 1 aliphatic rings. The zero-order chi connectivity index (χ0) is 23.9. The van der Waals surface area contributed by atoms with Crippen LogP contribution in [0.15, 0.2) is 108 Å². The van der Waals surface area contributed by atoms with Gasteiger partial charge in [0.25, 0.3) is 0 Å². The number of ether oxygens (including phenoxy) is 1. The smallest absolute Gasteiger partial charge is 0.248 e. The van der Waals surface area contributed by atoms with E-state index in [-0.39, 0.29) is 12.1 Å². The molecule has 4 rings (SSSR count). The van der Waals surface area contributed by atoms with E-state index >= 15 is 0 Å². The maximum Gasteiger partial charge on any atom is 0.248 e. The van der Waals surface area contributed by atoms with Crippen molar-refractivity contribution in [2.24, 2.45) is 4.99 Å². The number of carbonyl (C=O) groups excluding carboxylic acids is 1. The Balaban J connectivity index is 1.43. The molecule has 0 saturated carbocycles. The molecule has 3 N–H and O–H groups in total. The van der Waals surface area contributed by atoms with Crippen molar-refractivity contribution >= 4 is 23.1 Å². The first-order chi connectivity index (χ1) is 16.5. The van der Waals surface area contributed by atoms with Crippen LogP contribution in [0.5, 0.6) is 5.75 Å². The average molecular weight is 453 g/mol. The minimum Gasteiger partial charge on any atom is -0.497 e. The summed E-state index contributed by atoms with van der Waals surface area (Å²) in [6.07, 6.45) is 1.90. The lowest BCUT2D eigenvalue weighted by atomic mass is 10.1. The number of nitrogens with one attached hydrogen (secondary N) is 3. The second kappa shape index (κ2) is 10.5. The van der Waals surface area contributed by atoms with Gasteiger partial charge >= 0.3 is 0 Å². The van der Waals surface area contributed by atoms with E-state index < -0.39 is 0 Å². The SMILES string of the molecule is C=C(C/C(C)=C\C(=O)Nc1ccc(OC)cc1)NC1=NC(c2ccccc2)Nc2ccccc21. The molecular weight excluding hydrogens is 424 g/mol. The van der Waals surface area contributed by atoms with Crippen LogP contribution in [0.4, 0.5) is 11.4 Å². The first-order valence-corrected chi connectivity index (χ1v) is 11.1. The molecular formula is C28H28N4O2. The Morgan fingerprint density at radius 1 is 1.03 bits per heavy atom. The molecule has 0 radical (unpaired) electrons. The van der Waals surface area contributed by atoms with Crippen LogP contribution in [0.25, 0.3) is 0 Å². The van der Waals surface area contributed by atoms with Crippen LogP contribution in [-0.4, -0.2) is 18.9 Å². The van der Waals surface area contributed by atoms with Gasteiger partial charge in [0.15, 0.2) is 0 Å². The number of para-hydroxylation sites is 1. The molecule has 0 aliphatic carbocycles. The van der Waals surface area contributed by atoms with E-state index in [1.54, 1.807) is 37.5 Å². The Hall–Kier alpha value is -4.32. The lowest BCUT2D eigenvalue weighted by molar-refractivity contribution is -0.112. The minimum absolute atomic E-state index is 0.191. The fraction of sp³-hybridized carbons (Fsp3) is 0.143. The quantitative estimate of drug-likeness (QED) is 0.405. The van der Waals surface area contributed by atoms with Gasteiger partial charge in [0.05, 0.1) is 7.11 Å². The van der Waals surface area contributed by atoms with Crippen LogP contribution >= 0.6 is 0 Å². The third kappa shape index (κ3) is 5.72. The van der Waals surface area contributed by atoms with Gasteiger partial charge < -0.3 is 20.7 Å². The zero-order valence-electron chi connectivity index (χ0n) is 19.3. The summed E-state index contributed by atoms with van der Waals surface area (Å²) >= 11 is 0. The number of rotatable bonds is 7. The second-order valence-electron chi connectivity index (χ2n) is 8.09. The van der Waals surface area contributed by atoms with Crippen molar-refractivity contribution in [3.63, 3.8) is 0 Å². The van der Waals surface area contributed by atoms with Crippen molar-refractivity contribution in [3.05, 3.63) is 114 Å². The van der Waals surface area contributed by atoms with Crippen LogP contribution in [-0.2, 0) is 4.79 Å². The molecule has 34 heavy (non-hydrogen) atoms. The highest BCUT2D eigenvalue weighted by atomic mass is 16.5. The van der Waals surface area contributed by atoms with Crippen molar-refractivity contribution in [1.29, 1.82) is 0 Å². The normalized spacial score (nSPS) is 14.8. The molecule has 0 fully saturated rings. The molecule has 0 aromatic heterocycles. The highest BCUT2D eigenvalue weighted by Gasteiger charge is 2.21. The minimum atomic E-state index is -0.196. The average Bonchev–Trinajstić information content (AvgIpc) is 2.84. The van der Waals surface area contributed by atoms with Gasteiger partial charge in [0.2, 0.25) is 5.91 Å². The summed E-state index contributed by atoms with van der Waals surface area (Å²) in [5.41, 5.74) is 5.41. The van der Waals surface area contributed by atoms with Gasteiger partial charge in [-0.05, 0) is 48.9 Å². The second-order valence-corrected chi connectivity index (χ2v) is 8.09. The largest absolute Gasteiger partial charge is 0.497 e. The molecule has 0 spiro atoms. The Morgan fingerprint density at radius 3 is 2.47 bits per heavy atom. The molecule has 1 unspecified atom stereocenters. The molecule has 1 aliphatic heterocycles. The van der Waals surface area contributed by atoms with Crippen molar-refractivity contribution in [3.8, 4) is 5.75 Å². The van der Waals surface area contributed by atoms with Crippen molar-refractivity contribution in [2.45, 2.75) is 19.5 Å². The van der Waals surface area contributed by atoms with Crippen LogP contribution in [0, 0.1) is 0 Å². The highest BCUT2D eigenvalue weighted by molar-refractivity contribution is 6.05. The molecule has 3 aromatic carbocycles. The summed E-state index contributed by atoms with van der Waals surface area (Å²) in [6.45, 7) is 6.08. The van der Waals surface area contributed by atoms with Gasteiger partial charge in [-0.15, -0.1) is 0 Å². The highest BCUT2D eigenvalue weighted by Crippen LogP contribution is 2.29. The van der Waals surface area contributed by atoms with E-state index in [1.165, 1.54) is 0 Å². The molecule has 0 bridgehead atoms. The molecule has 0 saturated heterocycles.